The fourth-order valence-corrected chi connectivity index (χ4v) is 2.79. The van der Waals surface area contributed by atoms with Gasteiger partial charge in [-0.15, -0.1) is 0 Å². The van der Waals surface area contributed by atoms with Gasteiger partial charge in [-0.05, 0) is 12.1 Å². The maximum absolute atomic E-state index is 12.0. The Hall–Kier alpha value is -2.62. The predicted molar refractivity (Wildman–Crippen MR) is 66.5 cm³/mol. The van der Waals surface area contributed by atoms with E-state index < -0.39 is 11.7 Å². The van der Waals surface area contributed by atoms with Crippen LogP contribution in [-0.4, -0.2) is 11.9 Å². The van der Waals surface area contributed by atoms with Gasteiger partial charge < -0.3 is 10.1 Å². The largest absolute Gasteiger partial charge is 0.426 e. The molecule has 1 atom stereocenters. The summed E-state index contributed by atoms with van der Waals surface area (Å²) in [7, 11) is 0. The molecule has 0 saturated carbocycles. The molecule has 0 aliphatic carbocycles. The summed E-state index contributed by atoms with van der Waals surface area (Å²) in [5, 5.41) is 2.80. The van der Waals surface area contributed by atoms with Gasteiger partial charge in [0.1, 0.15) is 0 Å². The zero-order valence-corrected chi connectivity index (χ0v) is 9.84. The van der Waals surface area contributed by atoms with Crippen LogP contribution in [0.15, 0.2) is 48.5 Å². The van der Waals surface area contributed by atoms with Crippen LogP contribution >= 0.6 is 0 Å². The number of amides is 1. The molecule has 0 fully saturated rings. The molecule has 4 rings (SSSR count). The summed E-state index contributed by atoms with van der Waals surface area (Å²) in [5.74, 6) is -0.632. The molecule has 2 aliphatic heterocycles. The Labute approximate surface area is 109 Å². The second-order valence-corrected chi connectivity index (χ2v) is 4.62. The van der Waals surface area contributed by atoms with Crippen molar-refractivity contribution < 1.29 is 14.3 Å². The quantitative estimate of drug-likeness (QED) is 0.726. The van der Waals surface area contributed by atoms with E-state index in [1.54, 1.807) is 24.3 Å². The Morgan fingerprint density at radius 2 is 1.42 bits per heavy atom. The summed E-state index contributed by atoms with van der Waals surface area (Å²) in [6, 6.07) is 14.3. The highest BCUT2D eigenvalue weighted by Gasteiger charge is 2.53. The third-order valence-corrected chi connectivity index (χ3v) is 3.61. The van der Waals surface area contributed by atoms with E-state index in [1.807, 2.05) is 24.3 Å². The number of hydrogen-bond acceptors (Lipinski definition) is 3. The monoisotopic (exact) mass is 251 g/mol. The van der Waals surface area contributed by atoms with Gasteiger partial charge in [-0.1, -0.05) is 36.4 Å². The molecule has 1 spiro atoms. The number of rotatable bonds is 0. The number of hydrogen-bond donors (Lipinski definition) is 1. The molecule has 4 nitrogen and oxygen atoms in total. The molecule has 0 aromatic heterocycles. The highest BCUT2D eigenvalue weighted by atomic mass is 16.6. The zero-order chi connectivity index (χ0) is 13.0. The van der Waals surface area contributed by atoms with Crippen molar-refractivity contribution in [3.05, 3.63) is 70.8 Å². The summed E-state index contributed by atoms with van der Waals surface area (Å²) in [6.07, 6.45) is 0. The predicted octanol–water partition coefficient (Wildman–Crippen LogP) is 1.80. The number of carbonyl (C=O) groups is 2. The van der Waals surface area contributed by atoms with Crippen LogP contribution in [0.4, 0.5) is 0 Å². The molecule has 0 radical (unpaired) electrons. The Bertz CT molecular complexity index is 672. The number of carbonyl (C=O) groups excluding carboxylic acids is 2. The molecule has 1 unspecified atom stereocenters. The maximum atomic E-state index is 12.0. The van der Waals surface area contributed by atoms with Crippen molar-refractivity contribution in [2.24, 2.45) is 0 Å². The van der Waals surface area contributed by atoms with Crippen molar-refractivity contribution >= 4 is 11.9 Å². The molecule has 2 aromatic rings. The minimum atomic E-state index is -1.15. The van der Waals surface area contributed by atoms with E-state index in [0.717, 1.165) is 0 Å². The highest BCUT2D eigenvalue weighted by Crippen LogP contribution is 2.44. The van der Waals surface area contributed by atoms with Gasteiger partial charge >= 0.3 is 5.97 Å². The summed E-state index contributed by atoms with van der Waals surface area (Å²) in [4.78, 5) is 24.0. The van der Waals surface area contributed by atoms with E-state index in [0.29, 0.717) is 22.3 Å². The molecule has 2 aliphatic rings. The minimum absolute atomic E-state index is 0.222. The second-order valence-electron chi connectivity index (χ2n) is 4.62. The first-order valence-electron chi connectivity index (χ1n) is 5.97. The lowest BCUT2D eigenvalue weighted by Crippen LogP contribution is -2.40. The molecule has 1 amide bonds. The van der Waals surface area contributed by atoms with Crippen molar-refractivity contribution in [3.8, 4) is 0 Å². The molecule has 0 saturated heterocycles. The summed E-state index contributed by atoms with van der Waals surface area (Å²) in [5.41, 5.74) is 1.28. The minimum Gasteiger partial charge on any atom is -0.426 e. The van der Waals surface area contributed by atoms with E-state index in [1.165, 1.54) is 0 Å². The van der Waals surface area contributed by atoms with Crippen LogP contribution in [0.2, 0.25) is 0 Å². The van der Waals surface area contributed by atoms with Crippen LogP contribution in [-0.2, 0) is 10.5 Å². The number of fused-ring (bicyclic) bond motifs is 4. The normalized spacial score (nSPS) is 22.9. The van der Waals surface area contributed by atoms with Crippen molar-refractivity contribution in [3.63, 3.8) is 0 Å². The maximum Gasteiger partial charge on any atom is 0.341 e. The Kier molecular flexibility index (Phi) is 1.75. The molecule has 2 heterocycles. The average Bonchev–Trinajstić information content (AvgIpc) is 2.88. The average molecular weight is 251 g/mol. The molecule has 19 heavy (non-hydrogen) atoms. The number of nitrogens with one attached hydrogen (secondary N) is 1. The molecule has 1 N–H and O–H groups in total. The molecular formula is C15H9NO3. The van der Waals surface area contributed by atoms with Crippen LogP contribution in [0.25, 0.3) is 0 Å². The standard InChI is InChI=1S/C15H9NO3/c17-13-9-5-1-3-7-11(9)15(16-13)12-8-4-2-6-10(12)14(18)19-15/h1-8H,(H,16,17). The van der Waals surface area contributed by atoms with E-state index in [4.69, 9.17) is 4.74 Å². The first kappa shape index (κ1) is 10.3. The van der Waals surface area contributed by atoms with Crippen LogP contribution in [0.5, 0.6) is 0 Å². The summed E-state index contributed by atoms with van der Waals surface area (Å²) < 4.78 is 5.51. The van der Waals surface area contributed by atoms with Gasteiger partial charge in [0.05, 0.1) is 5.56 Å². The van der Waals surface area contributed by atoms with E-state index in [-0.39, 0.29) is 5.91 Å². The van der Waals surface area contributed by atoms with Crippen LogP contribution in [0.3, 0.4) is 0 Å². The van der Waals surface area contributed by atoms with Crippen molar-refractivity contribution in [1.29, 1.82) is 0 Å². The Morgan fingerprint density at radius 3 is 2.16 bits per heavy atom. The lowest BCUT2D eigenvalue weighted by atomic mass is 9.93. The molecule has 2 aromatic carbocycles. The number of benzene rings is 2. The van der Waals surface area contributed by atoms with Gasteiger partial charge in [0.25, 0.3) is 5.91 Å². The number of esters is 1. The molecule has 0 bridgehead atoms. The van der Waals surface area contributed by atoms with Crippen LogP contribution < -0.4 is 5.32 Å². The van der Waals surface area contributed by atoms with Gasteiger partial charge in [-0.25, -0.2) is 4.79 Å². The fourth-order valence-electron chi connectivity index (χ4n) is 2.79. The SMILES string of the molecule is O=C1NC2(OC(=O)c3ccccc32)c2ccccc21. The van der Waals surface area contributed by atoms with Gasteiger partial charge in [-0.3, -0.25) is 4.79 Å². The Morgan fingerprint density at radius 1 is 0.842 bits per heavy atom. The van der Waals surface area contributed by atoms with E-state index >= 15 is 0 Å². The molecular weight excluding hydrogens is 242 g/mol. The van der Waals surface area contributed by atoms with Crippen LogP contribution in [0, 0.1) is 0 Å². The third kappa shape index (κ3) is 1.13. The first-order chi connectivity index (χ1) is 9.22. The van der Waals surface area contributed by atoms with Gasteiger partial charge in [0.15, 0.2) is 0 Å². The summed E-state index contributed by atoms with van der Waals surface area (Å²) in [6.45, 7) is 0. The zero-order valence-electron chi connectivity index (χ0n) is 9.84. The van der Waals surface area contributed by atoms with Gasteiger partial charge in [0.2, 0.25) is 5.72 Å². The van der Waals surface area contributed by atoms with E-state index in [2.05, 4.69) is 5.32 Å². The first-order valence-corrected chi connectivity index (χ1v) is 5.97. The third-order valence-electron chi connectivity index (χ3n) is 3.61. The topological polar surface area (TPSA) is 55.4 Å². The summed E-state index contributed by atoms with van der Waals surface area (Å²) >= 11 is 0. The van der Waals surface area contributed by atoms with Crippen LogP contribution in [0.1, 0.15) is 31.8 Å². The lowest BCUT2D eigenvalue weighted by molar-refractivity contribution is 0.00208. The van der Waals surface area contributed by atoms with Crippen molar-refractivity contribution in [2.45, 2.75) is 5.72 Å². The van der Waals surface area contributed by atoms with Crippen molar-refractivity contribution in [1.82, 2.24) is 5.32 Å². The number of ether oxygens (including phenoxy) is 1. The Balaban J connectivity index is 2.05. The van der Waals surface area contributed by atoms with Gasteiger partial charge in [0, 0.05) is 16.7 Å². The smallest absolute Gasteiger partial charge is 0.341 e. The highest BCUT2D eigenvalue weighted by molar-refractivity contribution is 6.04. The fraction of sp³-hybridized carbons (Fsp3) is 0.0667. The van der Waals surface area contributed by atoms with Gasteiger partial charge in [-0.2, -0.15) is 0 Å². The lowest BCUT2D eigenvalue weighted by Gasteiger charge is -2.24. The van der Waals surface area contributed by atoms with Crippen molar-refractivity contribution in [2.75, 3.05) is 0 Å². The van der Waals surface area contributed by atoms with E-state index in [9.17, 15) is 9.59 Å². The molecule has 92 valence electrons. The second kappa shape index (κ2) is 3.23. The molecule has 4 heteroatoms.